The average molecular weight is 204 g/mol. The van der Waals surface area contributed by atoms with Gasteiger partial charge in [-0.1, -0.05) is 0 Å². The largest absolute Gasteiger partial charge is 0.393 e. The summed E-state index contributed by atoms with van der Waals surface area (Å²) in [7, 11) is 0. The molecule has 0 radical (unpaired) electrons. The van der Waals surface area contributed by atoms with Crippen LogP contribution in [0.5, 0.6) is 0 Å². The van der Waals surface area contributed by atoms with E-state index in [9.17, 15) is 5.11 Å². The fraction of sp³-hybridized carbons (Fsp3) is 0.500. The van der Waals surface area contributed by atoms with Crippen LogP contribution < -0.4 is 0 Å². The van der Waals surface area contributed by atoms with Gasteiger partial charge in [-0.15, -0.1) is 0 Å². The van der Waals surface area contributed by atoms with Crippen molar-refractivity contribution < 1.29 is 5.11 Å². The van der Waals surface area contributed by atoms with Gasteiger partial charge in [-0.25, -0.2) is 15.0 Å². The fourth-order valence-electron chi connectivity index (χ4n) is 2.24. The summed E-state index contributed by atoms with van der Waals surface area (Å²) >= 11 is 0. The van der Waals surface area contributed by atoms with E-state index in [0.717, 1.165) is 30.4 Å². The van der Waals surface area contributed by atoms with Crippen LogP contribution in [0.3, 0.4) is 0 Å². The van der Waals surface area contributed by atoms with Gasteiger partial charge in [0.05, 0.1) is 18.6 Å². The lowest BCUT2D eigenvalue weighted by atomic mass is 10.2. The van der Waals surface area contributed by atoms with Gasteiger partial charge in [0.2, 0.25) is 0 Å². The summed E-state index contributed by atoms with van der Waals surface area (Å²) in [6.45, 7) is 0. The van der Waals surface area contributed by atoms with Crippen LogP contribution in [0.25, 0.3) is 11.2 Å². The van der Waals surface area contributed by atoms with Crippen LogP contribution >= 0.6 is 0 Å². The van der Waals surface area contributed by atoms with Gasteiger partial charge in [0, 0.05) is 6.04 Å². The van der Waals surface area contributed by atoms with Crippen molar-refractivity contribution in [3.8, 4) is 0 Å². The summed E-state index contributed by atoms with van der Waals surface area (Å²) < 4.78 is 2.05. The maximum atomic E-state index is 9.50. The summed E-state index contributed by atoms with van der Waals surface area (Å²) in [4.78, 5) is 12.4. The van der Waals surface area contributed by atoms with E-state index < -0.39 is 0 Å². The molecule has 78 valence electrons. The maximum Gasteiger partial charge on any atom is 0.163 e. The molecular formula is C10H12N4O. The summed E-state index contributed by atoms with van der Waals surface area (Å²) in [5.41, 5.74) is 1.68. The van der Waals surface area contributed by atoms with E-state index in [4.69, 9.17) is 0 Å². The van der Waals surface area contributed by atoms with E-state index in [2.05, 4.69) is 15.0 Å². The molecule has 1 N–H and O–H groups in total. The van der Waals surface area contributed by atoms with Crippen molar-refractivity contribution in [3.63, 3.8) is 0 Å². The molecule has 2 heterocycles. The van der Waals surface area contributed by atoms with Gasteiger partial charge >= 0.3 is 0 Å². The Balaban J connectivity index is 2.04. The van der Waals surface area contributed by atoms with Crippen molar-refractivity contribution in [1.82, 2.24) is 19.5 Å². The molecule has 0 aliphatic heterocycles. The van der Waals surface area contributed by atoms with Gasteiger partial charge < -0.3 is 9.67 Å². The number of aliphatic hydroxyl groups is 1. The van der Waals surface area contributed by atoms with Crippen molar-refractivity contribution >= 4 is 11.2 Å². The lowest BCUT2D eigenvalue weighted by Gasteiger charge is -2.11. The Hall–Kier alpha value is -1.49. The van der Waals surface area contributed by atoms with Crippen LogP contribution in [0.2, 0.25) is 0 Å². The van der Waals surface area contributed by atoms with E-state index in [1.54, 1.807) is 12.5 Å². The number of aromatic nitrogens is 4. The van der Waals surface area contributed by atoms with Crippen molar-refractivity contribution in [2.24, 2.45) is 0 Å². The summed E-state index contributed by atoms with van der Waals surface area (Å²) in [6, 6.07) is 0.333. The molecule has 15 heavy (non-hydrogen) atoms. The number of imidazole rings is 1. The number of rotatable bonds is 1. The monoisotopic (exact) mass is 204 g/mol. The third-order valence-corrected chi connectivity index (χ3v) is 3.01. The lowest BCUT2D eigenvalue weighted by molar-refractivity contribution is 0.178. The number of fused-ring (bicyclic) bond motifs is 1. The molecule has 0 saturated heterocycles. The predicted octanol–water partition coefficient (Wildman–Crippen LogP) is 0.912. The number of aliphatic hydroxyl groups excluding tert-OH is 1. The molecular weight excluding hydrogens is 192 g/mol. The molecule has 0 aromatic carbocycles. The Morgan fingerprint density at radius 2 is 2.27 bits per heavy atom. The quantitative estimate of drug-likeness (QED) is 0.750. The first-order valence-electron chi connectivity index (χ1n) is 5.15. The van der Waals surface area contributed by atoms with E-state index in [-0.39, 0.29) is 6.10 Å². The highest BCUT2D eigenvalue weighted by Gasteiger charge is 2.25. The topological polar surface area (TPSA) is 63.8 Å². The first-order chi connectivity index (χ1) is 7.34. The van der Waals surface area contributed by atoms with Gasteiger partial charge in [-0.05, 0) is 19.3 Å². The normalized spacial score (nSPS) is 26.2. The first-order valence-corrected chi connectivity index (χ1v) is 5.15. The Bertz CT molecular complexity index is 481. The highest BCUT2D eigenvalue weighted by molar-refractivity contribution is 5.69. The van der Waals surface area contributed by atoms with Crippen molar-refractivity contribution in [3.05, 3.63) is 18.9 Å². The maximum absolute atomic E-state index is 9.50. The minimum atomic E-state index is -0.172. The van der Waals surface area contributed by atoms with E-state index in [0.29, 0.717) is 6.04 Å². The standard InChI is InChI=1S/C10H12N4O/c15-8-2-1-7(3-8)14-6-13-9-4-11-5-12-10(9)14/h4-8,15H,1-3H2/t7-,8-/m1/s1. The number of hydrogen-bond donors (Lipinski definition) is 1. The molecule has 0 unspecified atom stereocenters. The van der Waals surface area contributed by atoms with Gasteiger partial charge in [0.25, 0.3) is 0 Å². The predicted molar refractivity (Wildman–Crippen MR) is 54.2 cm³/mol. The van der Waals surface area contributed by atoms with Crippen LogP contribution in [0, 0.1) is 0 Å². The Labute approximate surface area is 86.8 Å². The van der Waals surface area contributed by atoms with Crippen LogP contribution in [-0.2, 0) is 0 Å². The highest BCUT2D eigenvalue weighted by atomic mass is 16.3. The van der Waals surface area contributed by atoms with Crippen LogP contribution in [0.15, 0.2) is 18.9 Å². The minimum Gasteiger partial charge on any atom is -0.393 e. The molecule has 0 spiro atoms. The molecule has 2 aromatic heterocycles. The zero-order chi connectivity index (χ0) is 10.3. The molecule has 1 aliphatic carbocycles. The van der Waals surface area contributed by atoms with E-state index >= 15 is 0 Å². The van der Waals surface area contributed by atoms with E-state index in [1.165, 1.54) is 6.33 Å². The lowest BCUT2D eigenvalue weighted by Crippen LogP contribution is -2.06. The third-order valence-electron chi connectivity index (χ3n) is 3.01. The summed E-state index contributed by atoms with van der Waals surface area (Å²) in [5, 5.41) is 9.50. The number of hydrogen-bond acceptors (Lipinski definition) is 4. The molecule has 2 aromatic rings. The van der Waals surface area contributed by atoms with Crippen LogP contribution in [-0.4, -0.2) is 30.7 Å². The first kappa shape index (κ1) is 8.79. The highest BCUT2D eigenvalue weighted by Crippen LogP contribution is 2.31. The smallest absolute Gasteiger partial charge is 0.163 e. The Morgan fingerprint density at radius 1 is 1.33 bits per heavy atom. The fourth-order valence-corrected chi connectivity index (χ4v) is 2.24. The molecule has 1 fully saturated rings. The molecule has 0 bridgehead atoms. The van der Waals surface area contributed by atoms with Crippen molar-refractivity contribution in [2.45, 2.75) is 31.4 Å². The molecule has 1 aliphatic rings. The molecule has 3 rings (SSSR count). The van der Waals surface area contributed by atoms with Crippen LogP contribution in [0.1, 0.15) is 25.3 Å². The van der Waals surface area contributed by atoms with Gasteiger partial charge in [-0.3, -0.25) is 0 Å². The molecule has 2 atom stereocenters. The summed E-state index contributed by atoms with van der Waals surface area (Å²) in [6.07, 6.45) is 7.54. The molecule has 5 heteroatoms. The van der Waals surface area contributed by atoms with E-state index in [1.807, 2.05) is 4.57 Å². The molecule has 0 amide bonds. The Morgan fingerprint density at radius 3 is 3.07 bits per heavy atom. The van der Waals surface area contributed by atoms with Gasteiger partial charge in [0.15, 0.2) is 5.65 Å². The summed E-state index contributed by atoms with van der Waals surface area (Å²) in [5.74, 6) is 0. The average Bonchev–Trinajstić information content (AvgIpc) is 2.83. The molecule has 1 saturated carbocycles. The zero-order valence-corrected chi connectivity index (χ0v) is 8.24. The minimum absolute atomic E-state index is 0.172. The van der Waals surface area contributed by atoms with Gasteiger partial charge in [0.1, 0.15) is 11.8 Å². The SMILES string of the molecule is O[C@@H]1CC[C@@H](n2cnc3cncnc32)C1. The van der Waals surface area contributed by atoms with Crippen LogP contribution in [0.4, 0.5) is 0 Å². The second kappa shape index (κ2) is 3.27. The van der Waals surface area contributed by atoms with Crippen molar-refractivity contribution in [2.75, 3.05) is 0 Å². The second-order valence-electron chi connectivity index (χ2n) is 4.00. The zero-order valence-electron chi connectivity index (χ0n) is 8.24. The molecule has 5 nitrogen and oxygen atoms in total. The third kappa shape index (κ3) is 1.39. The Kier molecular flexibility index (Phi) is 1.92. The van der Waals surface area contributed by atoms with Crippen molar-refractivity contribution in [1.29, 1.82) is 0 Å². The second-order valence-corrected chi connectivity index (χ2v) is 4.00. The number of nitrogens with zero attached hydrogens (tertiary/aromatic N) is 4. The van der Waals surface area contributed by atoms with Gasteiger partial charge in [-0.2, -0.15) is 0 Å².